The molecule has 0 aliphatic rings. The van der Waals surface area contributed by atoms with E-state index >= 15 is 0 Å². The molecule has 1 aromatic heterocycles. The molecular weight excluding hydrogens is 206 g/mol. The van der Waals surface area contributed by atoms with Gasteiger partial charge in [0.1, 0.15) is 11.5 Å². The summed E-state index contributed by atoms with van der Waals surface area (Å²) in [5.74, 6) is 0.526. The number of methoxy groups -OCH3 is 1. The molecule has 0 bridgehead atoms. The number of amides is 1. The van der Waals surface area contributed by atoms with Crippen molar-refractivity contribution >= 4 is 11.7 Å². The van der Waals surface area contributed by atoms with Crippen LogP contribution >= 0.6 is 0 Å². The van der Waals surface area contributed by atoms with Crippen LogP contribution in [-0.4, -0.2) is 38.2 Å². The summed E-state index contributed by atoms with van der Waals surface area (Å²) < 4.78 is 4.89. The van der Waals surface area contributed by atoms with E-state index in [1.54, 1.807) is 26.3 Å². The summed E-state index contributed by atoms with van der Waals surface area (Å²) in [6.45, 7) is 1.24. The zero-order valence-corrected chi connectivity index (χ0v) is 9.62. The Bertz CT molecular complexity index is 342. The lowest BCUT2D eigenvalue weighted by atomic mass is 10.3. The number of anilines is 1. The van der Waals surface area contributed by atoms with Gasteiger partial charge in [0.25, 0.3) is 5.91 Å². The number of hydrogen-bond acceptors (Lipinski definition) is 4. The maximum atomic E-state index is 11.6. The van der Waals surface area contributed by atoms with E-state index in [-0.39, 0.29) is 5.91 Å². The fraction of sp³-hybridized carbons (Fsp3) is 0.455. The van der Waals surface area contributed by atoms with Crippen molar-refractivity contribution in [3.63, 3.8) is 0 Å². The van der Waals surface area contributed by atoms with Gasteiger partial charge in [0.05, 0.1) is 0 Å². The Labute approximate surface area is 95.2 Å². The maximum absolute atomic E-state index is 11.6. The van der Waals surface area contributed by atoms with Gasteiger partial charge >= 0.3 is 0 Å². The lowest BCUT2D eigenvalue weighted by Crippen LogP contribution is -2.26. The first-order valence-electron chi connectivity index (χ1n) is 5.20. The third-order valence-electron chi connectivity index (χ3n) is 2.05. The molecule has 1 aromatic rings. The Hall–Kier alpha value is -1.62. The molecule has 0 aliphatic carbocycles. The highest BCUT2D eigenvalue weighted by Gasteiger charge is 2.06. The summed E-state index contributed by atoms with van der Waals surface area (Å²) in [4.78, 5) is 15.8. The second kappa shape index (κ2) is 6.79. The summed E-state index contributed by atoms with van der Waals surface area (Å²) in [6, 6.07) is 5.29. The van der Waals surface area contributed by atoms with Crippen molar-refractivity contribution in [2.45, 2.75) is 6.42 Å². The van der Waals surface area contributed by atoms with Crippen LogP contribution in [0.5, 0.6) is 0 Å². The Morgan fingerprint density at radius 2 is 2.31 bits per heavy atom. The molecule has 0 atom stereocenters. The molecule has 5 nitrogen and oxygen atoms in total. The number of pyridine rings is 1. The number of nitrogens with zero attached hydrogens (tertiary/aromatic N) is 1. The summed E-state index contributed by atoms with van der Waals surface area (Å²) in [7, 11) is 3.41. The smallest absolute Gasteiger partial charge is 0.269 e. The normalized spacial score (nSPS) is 9.88. The van der Waals surface area contributed by atoms with Gasteiger partial charge in [-0.25, -0.2) is 4.98 Å². The number of ether oxygens (including phenoxy) is 1. The molecule has 2 N–H and O–H groups in total. The van der Waals surface area contributed by atoms with Crippen LogP contribution in [0.3, 0.4) is 0 Å². The minimum absolute atomic E-state index is 0.159. The van der Waals surface area contributed by atoms with Crippen LogP contribution < -0.4 is 10.6 Å². The first kappa shape index (κ1) is 12.4. The van der Waals surface area contributed by atoms with E-state index in [0.29, 0.717) is 24.7 Å². The largest absolute Gasteiger partial charge is 0.385 e. The summed E-state index contributed by atoms with van der Waals surface area (Å²) in [5.41, 5.74) is 0.421. The van der Waals surface area contributed by atoms with Crippen molar-refractivity contribution in [3.8, 4) is 0 Å². The van der Waals surface area contributed by atoms with Crippen molar-refractivity contribution < 1.29 is 9.53 Å². The molecule has 0 saturated heterocycles. The molecule has 0 saturated carbocycles. The minimum Gasteiger partial charge on any atom is -0.385 e. The fourth-order valence-corrected chi connectivity index (χ4v) is 1.21. The third-order valence-corrected chi connectivity index (χ3v) is 2.05. The number of carbonyl (C=O) groups is 1. The van der Waals surface area contributed by atoms with Gasteiger partial charge in [-0.15, -0.1) is 0 Å². The number of nitrogens with one attached hydrogen (secondary N) is 2. The van der Waals surface area contributed by atoms with E-state index in [1.807, 2.05) is 6.07 Å². The third kappa shape index (κ3) is 3.86. The van der Waals surface area contributed by atoms with Crippen LogP contribution in [0.4, 0.5) is 5.82 Å². The number of aromatic nitrogens is 1. The first-order valence-corrected chi connectivity index (χ1v) is 5.20. The van der Waals surface area contributed by atoms with Gasteiger partial charge in [0, 0.05) is 27.3 Å². The van der Waals surface area contributed by atoms with Gasteiger partial charge in [-0.3, -0.25) is 4.79 Å². The minimum atomic E-state index is -0.159. The molecule has 1 amide bonds. The van der Waals surface area contributed by atoms with Gasteiger partial charge in [-0.2, -0.15) is 0 Å². The average Bonchev–Trinajstić information content (AvgIpc) is 2.34. The van der Waals surface area contributed by atoms with Crippen LogP contribution in [0.25, 0.3) is 0 Å². The van der Waals surface area contributed by atoms with E-state index in [9.17, 15) is 4.79 Å². The highest BCUT2D eigenvalue weighted by Crippen LogP contribution is 2.03. The standard InChI is InChI=1S/C11H17N3O2/c1-12-10-6-3-5-9(14-10)11(15)13-7-4-8-16-2/h3,5-6H,4,7-8H2,1-2H3,(H,12,14)(H,13,15). The topological polar surface area (TPSA) is 63.2 Å². The average molecular weight is 223 g/mol. The second-order valence-corrected chi connectivity index (χ2v) is 3.26. The molecule has 16 heavy (non-hydrogen) atoms. The molecule has 88 valence electrons. The predicted molar refractivity (Wildman–Crippen MR) is 62.6 cm³/mol. The Kier molecular flexibility index (Phi) is 5.28. The summed E-state index contributed by atoms with van der Waals surface area (Å²) in [5, 5.41) is 5.66. The highest BCUT2D eigenvalue weighted by atomic mass is 16.5. The molecule has 0 aliphatic heterocycles. The molecule has 0 fully saturated rings. The second-order valence-electron chi connectivity index (χ2n) is 3.26. The maximum Gasteiger partial charge on any atom is 0.269 e. The van der Waals surface area contributed by atoms with E-state index in [1.165, 1.54) is 0 Å². The number of carbonyl (C=O) groups excluding carboxylic acids is 1. The van der Waals surface area contributed by atoms with E-state index < -0.39 is 0 Å². The van der Waals surface area contributed by atoms with Gasteiger partial charge in [-0.1, -0.05) is 6.07 Å². The van der Waals surface area contributed by atoms with Gasteiger partial charge < -0.3 is 15.4 Å². The predicted octanol–water partition coefficient (Wildman–Crippen LogP) is 0.890. The van der Waals surface area contributed by atoms with E-state index in [4.69, 9.17) is 4.74 Å². The molecule has 0 radical (unpaired) electrons. The van der Waals surface area contributed by atoms with Crippen molar-refractivity contribution in [3.05, 3.63) is 23.9 Å². The molecule has 0 spiro atoms. The van der Waals surface area contributed by atoms with Crippen molar-refractivity contribution in [1.29, 1.82) is 0 Å². The molecule has 0 unspecified atom stereocenters. The highest BCUT2D eigenvalue weighted by molar-refractivity contribution is 5.92. The van der Waals surface area contributed by atoms with Crippen LogP contribution in [0.2, 0.25) is 0 Å². The van der Waals surface area contributed by atoms with Crippen molar-refractivity contribution in [1.82, 2.24) is 10.3 Å². The van der Waals surface area contributed by atoms with E-state index in [0.717, 1.165) is 6.42 Å². The number of rotatable bonds is 6. The lowest BCUT2D eigenvalue weighted by Gasteiger charge is -2.05. The molecule has 5 heteroatoms. The van der Waals surface area contributed by atoms with Crippen LogP contribution in [-0.2, 0) is 4.74 Å². The van der Waals surface area contributed by atoms with Crippen LogP contribution in [0.15, 0.2) is 18.2 Å². The van der Waals surface area contributed by atoms with E-state index in [2.05, 4.69) is 15.6 Å². The Morgan fingerprint density at radius 3 is 3.00 bits per heavy atom. The van der Waals surface area contributed by atoms with Gasteiger partial charge in [0.15, 0.2) is 0 Å². The molecular formula is C11H17N3O2. The zero-order valence-electron chi connectivity index (χ0n) is 9.62. The fourth-order valence-electron chi connectivity index (χ4n) is 1.21. The first-order chi connectivity index (χ1) is 7.77. The zero-order chi connectivity index (χ0) is 11.8. The van der Waals surface area contributed by atoms with Crippen molar-refractivity contribution in [2.75, 3.05) is 32.6 Å². The van der Waals surface area contributed by atoms with Gasteiger partial charge in [0.2, 0.25) is 0 Å². The monoisotopic (exact) mass is 223 g/mol. The van der Waals surface area contributed by atoms with Crippen LogP contribution in [0, 0.1) is 0 Å². The summed E-state index contributed by atoms with van der Waals surface area (Å²) >= 11 is 0. The SMILES string of the molecule is CNc1cccc(C(=O)NCCCOC)n1. The Morgan fingerprint density at radius 1 is 1.50 bits per heavy atom. The number of hydrogen-bond donors (Lipinski definition) is 2. The van der Waals surface area contributed by atoms with Crippen LogP contribution in [0.1, 0.15) is 16.9 Å². The molecule has 1 rings (SSSR count). The molecule has 0 aromatic carbocycles. The van der Waals surface area contributed by atoms with Gasteiger partial charge in [-0.05, 0) is 18.6 Å². The summed E-state index contributed by atoms with van der Waals surface area (Å²) in [6.07, 6.45) is 0.800. The Balaban J connectivity index is 2.46. The van der Waals surface area contributed by atoms with Crippen molar-refractivity contribution in [2.24, 2.45) is 0 Å². The quantitative estimate of drug-likeness (QED) is 0.703. The molecule has 1 heterocycles. The lowest BCUT2D eigenvalue weighted by molar-refractivity contribution is 0.0944.